The van der Waals surface area contributed by atoms with Crippen molar-refractivity contribution in [3.8, 4) is 11.8 Å². The van der Waals surface area contributed by atoms with E-state index in [1.54, 1.807) is 35.8 Å². The number of hydrogen-bond acceptors (Lipinski definition) is 7. The maximum atomic E-state index is 13.3. The van der Waals surface area contributed by atoms with Gasteiger partial charge in [-0.15, -0.1) is 5.92 Å². The minimum Gasteiger partial charge on any atom is -0.301 e. The van der Waals surface area contributed by atoms with Gasteiger partial charge >= 0.3 is 5.69 Å². The SMILES string of the molecule is CC#CCn1c(Br)nc2c1c(=O)n(Cc1nc(S(C)(=O)=O)c3ccccc3n1)c(=O)n2C. The minimum atomic E-state index is -3.68. The quantitative estimate of drug-likeness (QED) is 0.226. The average molecular weight is 517 g/mol. The Hall–Kier alpha value is -3.30. The van der Waals surface area contributed by atoms with E-state index >= 15 is 0 Å². The summed E-state index contributed by atoms with van der Waals surface area (Å²) in [5.41, 5.74) is -0.436. The molecule has 0 bridgehead atoms. The lowest BCUT2D eigenvalue weighted by Gasteiger charge is -2.10. The van der Waals surface area contributed by atoms with E-state index in [9.17, 15) is 18.0 Å². The van der Waals surface area contributed by atoms with Crippen molar-refractivity contribution in [1.82, 2.24) is 28.7 Å². The van der Waals surface area contributed by atoms with Crippen molar-refractivity contribution >= 4 is 47.8 Å². The number of halogens is 1. The Kier molecular flexibility index (Phi) is 5.47. The fraction of sp³-hybridized carbons (Fsp3) is 0.250. The van der Waals surface area contributed by atoms with Crippen LogP contribution in [0.3, 0.4) is 0 Å². The Morgan fingerprint density at radius 2 is 1.81 bits per heavy atom. The molecule has 0 fully saturated rings. The maximum absolute atomic E-state index is 13.3. The number of aryl methyl sites for hydroxylation is 1. The van der Waals surface area contributed by atoms with E-state index in [2.05, 4.69) is 42.7 Å². The van der Waals surface area contributed by atoms with Gasteiger partial charge in [-0.3, -0.25) is 13.9 Å². The molecule has 3 aromatic heterocycles. The number of para-hydroxylation sites is 1. The van der Waals surface area contributed by atoms with Crippen LogP contribution >= 0.6 is 15.9 Å². The zero-order chi connectivity index (χ0) is 23.2. The van der Waals surface area contributed by atoms with Crippen molar-refractivity contribution in [3.63, 3.8) is 0 Å². The second-order valence-corrected chi connectivity index (χ2v) is 9.67. The largest absolute Gasteiger partial charge is 0.332 e. The second-order valence-electron chi connectivity index (χ2n) is 7.03. The number of nitrogens with zero attached hydrogens (tertiary/aromatic N) is 6. The van der Waals surface area contributed by atoms with Crippen LogP contribution in [0.25, 0.3) is 22.1 Å². The minimum absolute atomic E-state index is 0.0288. The van der Waals surface area contributed by atoms with Gasteiger partial charge in [0.15, 0.2) is 36.6 Å². The molecule has 4 aromatic rings. The average Bonchev–Trinajstić information content (AvgIpc) is 3.08. The first-order chi connectivity index (χ1) is 15.1. The molecule has 32 heavy (non-hydrogen) atoms. The summed E-state index contributed by atoms with van der Waals surface area (Å²) in [6.45, 7) is 1.57. The monoisotopic (exact) mass is 516 g/mol. The Morgan fingerprint density at radius 1 is 1.09 bits per heavy atom. The lowest BCUT2D eigenvalue weighted by Crippen LogP contribution is -2.40. The first-order valence-electron chi connectivity index (χ1n) is 9.34. The van der Waals surface area contributed by atoms with Gasteiger partial charge in [-0.1, -0.05) is 18.1 Å². The van der Waals surface area contributed by atoms with Crippen LogP contribution in [0.5, 0.6) is 0 Å². The third-order valence-corrected chi connectivity index (χ3v) is 6.48. The fourth-order valence-electron chi connectivity index (χ4n) is 3.38. The van der Waals surface area contributed by atoms with Crippen LogP contribution in [0.2, 0.25) is 0 Å². The summed E-state index contributed by atoms with van der Waals surface area (Å²) in [5, 5.41) is 0.213. The lowest BCUT2D eigenvalue weighted by atomic mass is 10.2. The van der Waals surface area contributed by atoms with Gasteiger partial charge in [-0.2, -0.15) is 0 Å². The van der Waals surface area contributed by atoms with E-state index in [0.717, 1.165) is 10.8 Å². The second kappa shape index (κ2) is 7.99. The van der Waals surface area contributed by atoms with Crippen LogP contribution in [-0.2, 0) is 30.0 Å². The molecule has 3 heterocycles. The molecule has 0 atom stereocenters. The molecule has 4 rings (SSSR count). The topological polar surface area (TPSA) is 122 Å². The summed E-state index contributed by atoms with van der Waals surface area (Å²) in [6, 6.07) is 6.66. The highest BCUT2D eigenvalue weighted by molar-refractivity contribution is 9.10. The number of imidazole rings is 1. The van der Waals surface area contributed by atoms with Crippen molar-refractivity contribution in [1.29, 1.82) is 0 Å². The molecule has 0 amide bonds. The zero-order valence-corrected chi connectivity index (χ0v) is 19.7. The van der Waals surface area contributed by atoms with Crippen LogP contribution in [0.1, 0.15) is 12.7 Å². The van der Waals surface area contributed by atoms with Gasteiger partial charge in [0.05, 0.1) is 18.6 Å². The maximum Gasteiger partial charge on any atom is 0.332 e. The summed E-state index contributed by atoms with van der Waals surface area (Å²) < 4.78 is 28.7. The molecule has 0 aliphatic rings. The molecule has 0 N–H and O–H groups in total. The molecule has 0 saturated heterocycles. The molecule has 0 spiro atoms. The molecule has 0 aliphatic heterocycles. The number of aromatic nitrogens is 6. The first kappa shape index (κ1) is 21.9. The van der Waals surface area contributed by atoms with Crippen LogP contribution in [0, 0.1) is 11.8 Å². The molecule has 0 aliphatic carbocycles. The van der Waals surface area contributed by atoms with Gasteiger partial charge in [0, 0.05) is 18.7 Å². The summed E-state index contributed by atoms with van der Waals surface area (Å²) in [7, 11) is -2.18. The molecule has 12 heteroatoms. The fourth-order valence-corrected chi connectivity index (χ4v) is 4.69. The molecule has 1 aromatic carbocycles. The van der Waals surface area contributed by atoms with E-state index in [1.165, 1.54) is 11.6 Å². The molecule has 0 saturated carbocycles. The third-order valence-electron chi connectivity index (χ3n) is 4.87. The van der Waals surface area contributed by atoms with Crippen LogP contribution in [-0.4, -0.2) is 43.3 Å². The van der Waals surface area contributed by atoms with Gasteiger partial charge in [0.1, 0.15) is 0 Å². The van der Waals surface area contributed by atoms with Gasteiger partial charge in [-0.05, 0) is 35.0 Å². The summed E-state index contributed by atoms with van der Waals surface area (Å²) in [6.07, 6.45) is 1.05. The molecular weight excluding hydrogens is 500 g/mol. The Morgan fingerprint density at radius 3 is 2.50 bits per heavy atom. The van der Waals surface area contributed by atoms with Crippen LogP contribution in [0.15, 0.2) is 43.6 Å². The third kappa shape index (κ3) is 3.63. The number of rotatable bonds is 4. The van der Waals surface area contributed by atoms with E-state index < -0.39 is 21.1 Å². The molecular formula is C20H17BrN6O4S. The predicted octanol–water partition coefficient (Wildman–Crippen LogP) is 1.08. The zero-order valence-electron chi connectivity index (χ0n) is 17.3. The molecule has 0 unspecified atom stereocenters. The van der Waals surface area contributed by atoms with Gasteiger partial charge < -0.3 is 4.57 Å². The Labute approximate surface area is 190 Å². The molecule has 164 valence electrons. The summed E-state index contributed by atoms with van der Waals surface area (Å²) in [4.78, 5) is 39.1. The van der Waals surface area contributed by atoms with Crippen molar-refractivity contribution in [2.75, 3.05) is 6.26 Å². The number of fused-ring (bicyclic) bond motifs is 2. The predicted molar refractivity (Wildman–Crippen MR) is 122 cm³/mol. The number of sulfone groups is 1. The van der Waals surface area contributed by atoms with E-state index in [1.807, 2.05) is 0 Å². The van der Waals surface area contributed by atoms with Crippen molar-refractivity contribution in [2.24, 2.45) is 7.05 Å². The van der Waals surface area contributed by atoms with Gasteiger partial charge in [0.25, 0.3) is 5.56 Å². The van der Waals surface area contributed by atoms with E-state index in [-0.39, 0.29) is 35.1 Å². The highest BCUT2D eigenvalue weighted by atomic mass is 79.9. The number of hydrogen-bond donors (Lipinski definition) is 0. The van der Waals surface area contributed by atoms with E-state index in [4.69, 9.17) is 0 Å². The van der Waals surface area contributed by atoms with Crippen molar-refractivity contribution < 1.29 is 8.42 Å². The van der Waals surface area contributed by atoms with E-state index in [0.29, 0.717) is 15.6 Å². The van der Waals surface area contributed by atoms with Gasteiger partial charge in [0.2, 0.25) is 0 Å². The van der Waals surface area contributed by atoms with Crippen LogP contribution < -0.4 is 11.2 Å². The summed E-state index contributed by atoms with van der Waals surface area (Å²) >= 11 is 3.31. The number of benzene rings is 1. The normalized spacial score (nSPS) is 11.6. The highest BCUT2D eigenvalue weighted by Gasteiger charge is 2.21. The Balaban J connectivity index is 1.98. The van der Waals surface area contributed by atoms with Crippen molar-refractivity contribution in [2.45, 2.75) is 25.0 Å². The molecule has 10 nitrogen and oxygen atoms in total. The van der Waals surface area contributed by atoms with Crippen LogP contribution in [0.4, 0.5) is 0 Å². The standard InChI is InChI=1S/C20H17BrN6O4S/c1-4-5-10-26-15-16(24-19(26)21)25(2)20(29)27(18(15)28)11-14-22-13-9-7-6-8-12(13)17(23-14)32(3,30)31/h6-9H,10-11H2,1-3H3. The molecule has 0 radical (unpaired) electrons. The lowest BCUT2D eigenvalue weighted by molar-refractivity contribution is 0.594. The highest BCUT2D eigenvalue weighted by Crippen LogP contribution is 2.20. The Bertz CT molecular complexity index is 1690. The first-order valence-corrected chi connectivity index (χ1v) is 12.0. The van der Waals surface area contributed by atoms with Crippen molar-refractivity contribution in [3.05, 3.63) is 55.7 Å². The summed E-state index contributed by atoms with van der Waals surface area (Å²) in [5.74, 6) is 5.66. The smallest absolute Gasteiger partial charge is 0.301 e. The van der Waals surface area contributed by atoms with Gasteiger partial charge in [-0.25, -0.2) is 28.2 Å².